The first-order chi connectivity index (χ1) is 16.4. The summed E-state index contributed by atoms with van der Waals surface area (Å²) in [6, 6.07) is 16.3. The van der Waals surface area contributed by atoms with Gasteiger partial charge in [0.2, 0.25) is 5.91 Å². The van der Waals surface area contributed by atoms with Gasteiger partial charge < -0.3 is 20.5 Å². The van der Waals surface area contributed by atoms with Gasteiger partial charge in [-0.15, -0.1) is 11.3 Å². The van der Waals surface area contributed by atoms with E-state index in [0.717, 1.165) is 11.1 Å². The Morgan fingerprint density at radius 2 is 1.71 bits per heavy atom. The van der Waals surface area contributed by atoms with E-state index >= 15 is 0 Å². The molecule has 2 aliphatic carbocycles. The molecule has 2 amide bonds. The lowest BCUT2D eigenvalue weighted by molar-refractivity contribution is -0.143. The number of aliphatic carboxylic acids is 1. The van der Waals surface area contributed by atoms with Crippen molar-refractivity contribution in [3.8, 4) is 11.1 Å². The Balaban J connectivity index is 1.12. The van der Waals surface area contributed by atoms with Crippen LogP contribution in [-0.2, 0) is 27.3 Å². The summed E-state index contributed by atoms with van der Waals surface area (Å²) in [7, 11) is 0. The van der Waals surface area contributed by atoms with Crippen molar-refractivity contribution in [2.24, 2.45) is 0 Å². The molecule has 2 aromatic carbocycles. The van der Waals surface area contributed by atoms with E-state index in [4.69, 9.17) is 4.74 Å². The molecule has 1 aromatic heterocycles. The van der Waals surface area contributed by atoms with Gasteiger partial charge in [-0.1, -0.05) is 48.5 Å². The van der Waals surface area contributed by atoms with Gasteiger partial charge in [-0.05, 0) is 35.1 Å². The highest BCUT2D eigenvalue weighted by atomic mass is 32.1. The van der Waals surface area contributed by atoms with Gasteiger partial charge in [0.25, 0.3) is 0 Å². The van der Waals surface area contributed by atoms with Crippen LogP contribution in [0.5, 0.6) is 0 Å². The van der Waals surface area contributed by atoms with Crippen molar-refractivity contribution in [2.75, 3.05) is 6.61 Å². The quantitative estimate of drug-likeness (QED) is 0.457. The van der Waals surface area contributed by atoms with Gasteiger partial charge >= 0.3 is 12.1 Å². The van der Waals surface area contributed by atoms with Crippen LogP contribution < -0.4 is 10.6 Å². The number of alkyl carbamates (subject to hydrolysis) is 1. The smallest absolute Gasteiger partial charge is 0.407 e. The first-order valence-corrected chi connectivity index (χ1v) is 11.9. The number of amides is 2. The maximum Gasteiger partial charge on any atom is 0.407 e. The lowest BCUT2D eigenvalue weighted by atomic mass is 9.98. The van der Waals surface area contributed by atoms with Crippen LogP contribution in [0.15, 0.2) is 53.9 Å². The molecule has 0 saturated heterocycles. The number of hydrogen-bond donors (Lipinski definition) is 3. The van der Waals surface area contributed by atoms with E-state index in [2.05, 4.69) is 39.9 Å². The minimum Gasteiger partial charge on any atom is -0.480 e. The third-order valence-electron chi connectivity index (χ3n) is 6.21. The van der Waals surface area contributed by atoms with E-state index < -0.39 is 17.6 Å². The standard InChI is InChI=1S/C25H23N3O5S/c29-21(28-25(9-10-25)23(30)31)11-15-14-34-22(27-15)12-26-24(32)33-13-20-18-7-3-1-5-16(18)17-6-2-4-8-19(17)20/h1-8,14,20H,9-13H2,(H,26,32)(H,28,29)(H,30,31). The Kier molecular flexibility index (Phi) is 5.79. The van der Waals surface area contributed by atoms with Crippen LogP contribution in [0.1, 0.15) is 40.6 Å². The van der Waals surface area contributed by atoms with E-state index in [-0.39, 0.29) is 31.4 Å². The number of ether oxygens (including phenoxy) is 1. The van der Waals surface area contributed by atoms with Gasteiger partial charge in [0.1, 0.15) is 17.2 Å². The fourth-order valence-corrected chi connectivity index (χ4v) is 5.04. The largest absolute Gasteiger partial charge is 0.480 e. The van der Waals surface area contributed by atoms with Crippen LogP contribution in [0.3, 0.4) is 0 Å². The lowest BCUT2D eigenvalue weighted by Gasteiger charge is -2.14. The summed E-state index contributed by atoms with van der Waals surface area (Å²) >= 11 is 1.32. The summed E-state index contributed by atoms with van der Waals surface area (Å²) in [6.45, 7) is 0.413. The predicted molar refractivity (Wildman–Crippen MR) is 125 cm³/mol. The molecule has 0 bridgehead atoms. The Morgan fingerprint density at radius 3 is 2.32 bits per heavy atom. The number of carboxylic acid groups (broad SMARTS) is 1. The van der Waals surface area contributed by atoms with Crippen molar-refractivity contribution in [3.05, 3.63) is 75.7 Å². The molecule has 3 aromatic rings. The number of nitrogens with one attached hydrogen (secondary N) is 2. The zero-order valence-corrected chi connectivity index (χ0v) is 19.1. The van der Waals surface area contributed by atoms with Crippen LogP contribution in [-0.4, -0.2) is 40.2 Å². The monoisotopic (exact) mass is 477 g/mol. The second kappa shape index (κ2) is 8.90. The molecule has 1 heterocycles. The maximum atomic E-state index is 12.3. The van der Waals surface area contributed by atoms with Gasteiger partial charge in [0, 0.05) is 11.3 Å². The summed E-state index contributed by atoms with van der Waals surface area (Å²) in [5, 5.41) is 16.8. The zero-order valence-electron chi connectivity index (χ0n) is 18.2. The molecule has 0 atom stereocenters. The summed E-state index contributed by atoms with van der Waals surface area (Å²) in [5.41, 5.74) is 4.06. The minimum absolute atomic E-state index is 0.00350. The van der Waals surface area contributed by atoms with Gasteiger partial charge in [-0.25, -0.2) is 14.6 Å². The van der Waals surface area contributed by atoms with Crippen LogP contribution in [0.4, 0.5) is 4.79 Å². The summed E-state index contributed by atoms with van der Waals surface area (Å²) in [6.07, 6.45) is 0.352. The van der Waals surface area contributed by atoms with E-state index in [1.165, 1.54) is 22.5 Å². The SMILES string of the molecule is O=C(Cc1csc(CNC(=O)OCC2c3ccccc3-c3ccccc32)n1)NC1(C(=O)O)CC1. The fraction of sp³-hybridized carbons (Fsp3) is 0.280. The van der Waals surface area contributed by atoms with E-state index in [1.54, 1.807) is 5.38 Å². The molecule has 5 rings (SSSR count). The molecule has 0 unspecified atom stereocenters. The van der Waals surface area contributed by atoms with Crippen molar-refractivity contribution in [2.45, 2.75) is 37.3 Å². The fourth-order valence-electron chi connectivity index (χ4n) is 4.30. The number of rotatable bonds is 8. The number of aromatic nitrogens is 1. The zero-order chi connectivity index (χ0) is 23.7. The van der Waals surface area contributed by atoms with E-state index in [9.17, 15) is 19.5 Å². The van der Waals surface area contributed by atoms with Crippen molar-refractivity contribution in [1.82, 2.24) is 15.6 Å². The first kappa shape index (κ1) is 22.1. The van der Waals surface area contributed by atoms with Gasteiger partial charge in [-0.3, -0.25) is 4.79 Å². The second-order valence-electron chi connectivity index (χ2n) is 8.52. The van der Waals surface area contributed by atoms with E-state index in [0.29, 0.717) is 23.5 Å². The predicted octanol–water partition coefficient (Wildman–Crippen LogP) is 3.46. The number of carbonyl (C=O) groups is 3. The van der Waals surface area contributed by atoms with Crippen molar-refractivity contribution in [3.63, 3.8) is 0 Å². The molecular weight excluding hydrogens is 454 g/mol. The minimum atomic E-state index is -1.11. The van der Waals surface area contributed by atoms with Gasteiger partial charge in [0.05, 0.1) is 18.7 Å². The van der Waals surface area contributed by atoms with Crippen molar-refractivity contribution >= 4 is 29.3 Å². The highest BCUT2D eigenvalue weighted by molar-refractivity contribution is 7.09. The molecule has 0 spiro atoms. The molecule has 1 saturated carbocycles. The molecule has 8 nitrogen and oxygen atoms in total. The Hall–Kier alpha value is -3.72. The average Bonchev–Trinajstić information content (AvgIpc) is 3.36. The number of benzene rings is 2. The summed E-state index contributed by atoms with van der Waals surface area (Å²) in [5.74, 6) is -1.39. The van der Waals surface area contributed by atoms with Crippen LogP contribution in [0.25, 0.3) is 11.1 Å². The summed E-state index contributed by atoms with van der Waals surface area (Å²) < 4.78 is 5.52. The normalized spacial score (nSPS) is 15.2. The number of carbonyl (C=O) groups excluding carboxylic acids is 2. The molecule has 0 radical (unpaired) electrons. The van der Waals surface area contributed by atoms with Crippen molar-refractivity contribution in [1.29, 1.82) is 0 Å². The molecule has 9 heteroatoms. The Morgan fingerprint density at radius 1 is 1.06 bits per heavy atom. The maximum absolute atomic E-state index is 12.3. The number of fused-ring (bicyclic) bond motifs is 3. The average molecular weight is 478 g/mol. The van der Waals surface area contributed by atoms with Crippen LogP contribution in [0, 0.1) is 0 Å². The third-order valence-corrected chi connectivity index (χ3v) is 7.10. The topological polar surface area (TPSA) is 118 Å². The molecule has 3 N–H and O–H groups in total. The highest BCUT2D eigenvalue weighted by Gasteiger charge is 2.51. The lowest BCUT2D eigenvalue weighted by Crippen LogP contribution is -2.43. The second-order valence-corrected chi connectivity index (χ2v) is 9.47. The van der Waals surface area contributed by atoms with Crippen LogP contribution in [0.2, 0.25) is 0 Å². The molecule has 34 heavy (non-hydrogen) atoms. The first-order valence-electron chi connectivity index (χ1n) is 11.0. The van der Waals surface area contributed by atoms with Gasteiger partial charge in [-0.2, -0.15) is 0 Å². The number of carboxylic acids is 1. The molecule has 174 valence electrons. The molecule has 0 aliphatic heterocycles. The van der Waals surface area contributed by atoms with Crippen LogP contribution >= 0.6 is 11.3 Å². The molecule has 2 aliphatic rings. The number of thiazole rings is 1. The summed E-state index contributed by atoms with van der Waals surface area (Å²) in [4.78, 5) is 40.0. The van der Waals surface area contributed by atoms with Crippen molar-refractivity contribution < 1.29 is 24.2 Å². The third kappa shape index (κ3) is 4.38. The Bertz CT molecular complexity index is 1220. The number of hydrogen-bond acceptors (Lipinski definition) is 6. The van der Waals surface area contributed by atoms with E-state index in [1.807, 2.05) is 24.3 Å². The molecular formula is C25H23N3O5S. The molecule has 1 fully saturated rings. The van der Waals surface area contributed by atoms with Gasteiger partial charge in [0.15, 0.2) is 0 Å². The number of nitrogens with zero attached hydrogens (tertiary/aromatic N) is 1. The Labute approximate surface area is 200 Å². The highest BCUT2D eigenvalue weighted by Crippen LogP contribution is 2.44.